The van der Waals surface area contributed by atoms with Crippen LogP contribution in [0.3, 0.4) is 0 Å². The number of morpholine rings is 1. The fourth-order valence-corrected chi connectivity index (χ4v) is 6.39. The van der Waals surface area contributed by atoms with Gasteiger partial charge in [-0.25, -0.2) is 8.42 Å². The van der Waals surface area contributed by atoms with Crippen molar-refractivity contribution in [3.05, 3.63) is 65.2 Å². The monoisotopic (exact) mass is 492 g/mol. The molecule has 0 aliphatic carbocycles. The van der Waals surface area contributed by atoms with Crippen molar-refractivity contribution < 1.29 is 22.7 Å². The molecule has 3 aromatic rings. The highest BCUT2D eigenvalue weighted by molar-refractivity contribution is 7.91. The van der Waals surface area contributed by atoms with Crippen LogP contribution in [0.1, 0.15) is 10.4 Å². The third-order valence-corrected chi connectivity index (χ3v) is 8.78. The summed E-state index contributed by atoms with van der Waals surface area (Å²) in [7, 11) is -2.00. The molecule has 1 saturated heterocycles. The first kappa shape index (κ1) is 22.8. The zero-order valence-electron chi connectivity index (χ0n) is 17.2. The maximum Gasteiger partial charge on any atom is 0.255 e. The lowest BCUT2D eigenvalue weighted by molar-refractivity contribution is 0.0731. The Morgan fingerprint density at radius 3 is 2.47 bits per heavy atom. The van der Waals surface area contributed by atoms with E-state index in [2.05, 4.69) is 5.32 Å². The minimum atomic E-state index is -3.53. The molecule has 0 spiro atoms. The van der Waals surface area contributed by atoms with E-state index < -0.39 is 10.0 Å². The Labute approximate surface area is 195 Å². The molecule has 7 nitrogen and oxygen atoms in total. The molecule has 1 aromatic heterocycles. The van der Waals surface area contributed by atoms with Crippen LogP contribution in [0, 0.1) is 0 Å². The van der Waals surface area contributed by atoms with Crippen molar-refractivity contribution >= 4 is 44.6 Å². The number of rotatable bonds is 6. The van der Waals surface area contributed by atoms with Crippen LogP contribution in [-0.4, -0.2) is 52.0 Å². The molecule has 0 atom stereocenters. The lowest BCUT2D eigenvalue weighted by Gasteiger charge is -2.25. The average Bonchev–Trinajstić information content (AvgIpc) is 3.31. The van der Waals surface area contributed by atoms with E-state index in [1.807, 2.05) is 0 Å². The van der Waals surface area contributed by atoms with Crippen LogP contribution < -0.4 is 10.1 Å². The quantitative estimate of drug-likeness (QED) is 0.553. The van der Waals surface area contributed by atoms with Gasteiger partial charge in [0.2, 0.25) is 0 Å². The molecule has 1 aliphatic heterocycles. The van der Waals surface area contributed by atoms with E-state index in [-0.39, 0.29) is 5.91 Å². The minimum absolute atomic E-state index is 0.278. The normalized spacial score (nSPS) is 14.8. The largest absolute Gasteiger partial charge is 0.495 e. The third kappa shape index (κ3) is 4.82. The summed E-state index contributed by atoms with van der Waals surface area (Å²) >= 11 is 7.32. The van der Waals surface area contributed by atoms with Crippen LogP contribution in [0.25, 0.3) is 10.4 Å². The SMILES string of the molecule is COc1ccc(NC(=O)c2ccc(-c3ccc(S(=O)(=O)N4CCOCC4)s3)cc2)cc1Cl. The smallest absolute Gasteiger partial charge is 0.255 e. The molecule has 0 saturated carbocycles. The molecule has 1 fully saturated rings. The molecule has 0 unspecified atom stereocenters. The molecule has 1 N–H and O–H groups in total. The number of sulfonamides is 1. The Hall–Kier alpha value is -2.43. The lowest BCUT2D eigenvalue weighted by atomic mass is 10.1. The summed E-state index contributed by atoms with van der Waals surface area (Å²) in [6, 6.07) is 15.4. The summed E-state index contributed by atoms with van der Waals surface area (Å²) in [5, 5.41) is 3.20. The highest BCUT2D eigenvalue weighted by atomic mass is 35.5. The predicted octanol–water partition coefficient (Wildman–Crippen LogP) is 4.35. The van der Waals surface area contributed by atoms with Crippen LogP contribution in [0.4, 0.5) is 5.69 Å². The molecule has 168 valence electrons. The van der Waals surface area contributed by atoms with Crippen molar-refractivity contribution in [2.45, 2.75) is 4.21 Å². The zero-order chi connectivity index (χ0) is 22.7. The van der Waals surface area contributed by atoms with Gasteiger partial charge in [0.1, 0.15) is 9.96 Å². The van der Waals surface area contributed by atoms with Gasteiger partial charge in [0.15, 0.2) is 0 Å². The van der Waals surface area contributed by atoms with E-state index in [0.717, 1.165) is 10.4 Å². The second-order valence-corrected chi connectivity index (χ2v) is 10.7. The number of carbonyl (C=O) groups is 1. The number of halogens is 1. The number of anilines is 1. The Balaban J connectivity index is 1.47. The first-order valence-corrected chi connectivity index (χ1v) is 12.4. The number of carbonyl (C=O) groups excluding carboxylic acids is 1. The zero-order valence-corrected chi connectivity index (χ0v) is 19.6. The van der Waals surface area contributed by atoms with Crippen molar-refractivity contribution in [2.75, 3.05) is 38.7 Å². The van der Waals surface area contributed by atoms with Gasteiger partial charge in [-0.05, 0) is 48.0 Å². The van der Waals surface area contributed by atoms with E-state index in [4.69, 9.17) is 21.1 Å². The fraction of sp³-hybridized carbons (Fsp3) is 0.227. The van der Waals surface area contributed by atoms with Crippen molar-refractivity contribution in [3.8, 4) is 16.2 Å². The maximum absolute atomic E-state index is 12.8. The Morgan fingerprint density at radius 1 is 1.09 bits per heavy atom. The van der Waals surface area contributed by atoms with Crippen LogP contribution >= 0.6 is 22.9 Å². The molecule has 1 aliphatic rings. The van der Waals surface area contributed by atoms with Gasteiger partial charge in [-0.15, -0.1) is 11.3 Å². The first-order chi connectivity index (χ1) is 15.4. The highest BCUT2D eigenvalue weighted by Crippen LogP contribution is 2.33. The lowest BCUT2D eigenvalue weighted by Crippen LogP contribution is -2.40. The predicted molar refractivity (Wildman–Crippen MR) is 125 cm³/mol. The van der Waals surface area contributed by atoms with Crippen molar-refractivity contribution in [1.82, 2.24) is 4.31 Å². The Morgan fingerprint density at radius 2 is 1.81 bits per heavy atom. The average molecular weight is 493 g/mol. The third-order valence-electron chi connectivity index (χ3n) is 4.99. The number of benzene rings is 2. The van der Waals surface area contributed by atoms with E-state index in [1.54, 1.807) is 54.6 Å². The van der Waals surface area contributed by atoms with Gasteiger partial charge in [0, 0.05) is 29.2 Å². The second kappa shape index (κ2) is 9.60. The molecular weight excluding hydrogens is 472 g/mol. The molecule has 4 rings (SSSR count). The van der Waals surface area contributed by atoms with Crippen molar-refractivity contribution in [3.63, 3.8) is 0 Å². The fourth-order valence-electron chi connectivity index (χ4n) is 3.26. The molecule has 0 radical (unpaired) electrons. The number of ether oxygens (including phenoxy) is 2. The molecule has 2 heterocycles. The van der Waals surface area contributed by atoms with Gasteiger partial charge < -0.3 is 14.8 Å². The van der Waals surface area contributed by atoms with E-state index >= 15 is 0 Å². The first-order valence-electron chi connectivity index (χ1n) is 9.81. The number of thiophene rings is 1. The second-order valence-electron chi connectivity index (χ2n) is 7.02. The number of nitrogens with zero attached hydrogens (tertiary/aromatic N) is 1. The standard InChI is InChI=1S/C22H21ClN2O5S2/c1-29-19-7-6-17(14-18(19)23)24-22(26)16-4-2-15(3-5-16)20-8-9-21(31-20)32(27,28)25-10-12-30-13-11-25/h2-9,14H,10-13H2,1H3,(H,24,26). The molecule has 1 amide bonds. The van der Waals surface area contributed by atoms with E-state index in [1.165, 1.54) is 22.8 Å². The van der Waals surface area contributed by atoms with Crippen molar-refractivity contribution in [2.24, 2.45) is 0 Å². The number of methoxy groups -OCH3 is 1. The van der Waals surface area contributed by atoms with Gasteiger partial charge in [-0.1, -0.05) is 23.7 Å². The number of hydrogen-bond acceptors (Lipinski definition) is 6. The van der Waals surface area contributed by atoms with E-state index in [9.17, 15) is 13.2 Å². The summed E-state index contributed by atoms with van der Waals surface area (Å²) in [4.78, 5) is 13.4. The van der Waals surface area contributed by atoms with Crippen LogP contribution in [-0.2, 0) is 14.8 Å². The van der Waals surface area contributed by atoms with Crippen LogP contribution in [0.5, 0.6) is 5.75 Å². The number of amides is 1. The molecular formula is C22H21ClN2O5S2. The summed E-state index contributed by atoms with van der Waals surface area (Å²) in [6.07, 6.45) is 0. The number of hydrogen-bond donors (Lipinski definition) is 1. The molecule has 2 aromatic carbocycles. The van der Waals surface area contributed by atoms with Crippen LogP contribution in [0.15, 0.2) is 58.8 Å². The maximum atomic E-state index is 12.8. The van der Waals surface area contributed by atoms with Crippen molar-refractivity contribution in [1.29, 1.82) is 0 Å². The van der Waals surface area contributed by atoms with Gasteiger partial charge >= 0.3 is 0 Å². The summed E-state index contributed by atoms with van der Waals surface area (Å²) in [5.74, 6) is 0.250. The molecule has 0 bridgehead atoms. The van der Waals surface area contributed by atoms with E-state index in [0.29, 0.717) is 52.5 Å². The van der Waals surface area contributed by atoms with Gasteiger partial charge in [-0.3, -0.25) is 4.79 Å². The highest BCUT2D eigenvalue weighted by Gasteiger charge is 2.27. The topological polar surface area (TPSA) is 84.9 Å². The van der Waals surface area contributed by atoms with Gasteiger partial charge in [-0.2, -0.15) is 4.31 Å². The van der Waals surface area contributed by atoms with Gasteiger partial charge in [0.25, 0.3) is 15.9 Å². The molecule has 10 heteroatoms. The molecule has 32 heavy (non-hydrogen) atoms. The summed E-state index contributed by atoms with van der Waals surface area (Å²) in [5.41, 5.74) is 1.86. The van der Waals surface area contributed by atoms with Gasteiger partial charge in [0.05, 0.1) is 25.3 Å². The number of nitrogens with one attached hydrogen (secondary N) is 1. The minimum Gasteiger partial charge on any atom is -0.495 e. The Bertz CT molecular complexity index is 1220. The summed E-state index contributed by atoms with van der Waals surface area (Å²) < 4.78 is 37.7. The Kier molecular flexibility index (Phi) is 6.82. The summed E-state index contributed by atoms with van der Waals surface area (Å²) in [6.45, 7) is 1.53. The van der Waals surface area contributed by atoms with Crippen LogP contribution in [0.2, 0.25) is 5.02 Å².